The van der Waals surface area contributed by atoms with E-state index < -0.39 is 0 Å². The molecule has 1 aliphatic carbocycles. The zero-order valence-corrected chi connectivity index (χ0v) is 11.6. The monoisotopic (exact) mass is 262 g/mol. The average Bonchev–Trinajstić information content (AvgIpc) is 3.02. The summed E-state index contributed by atoms with van der Waals surface area (Å²) in [7, 11) is 1.98. The van der Waals surface area contributed by atoms with Gasteiger partial charge in [-0.3, -0.25) is 4.68 Å². The highest BCUT2D eigenvalue weighted by Gasteiger charge is 2.29. The quantitative estimate of drug-likeness (QED) is 0.921. The highest BCUT2D eigenvalue weighted by molar-refractivity contribution is 7.15. The van der Waals surface area contributed by atoms with Gasteiger partial charge >= 0.3 is 0 Å². The normalized spacial score (nSPS) is 15.2. The number of nitrogens with zero attached hydrogens (tertiary/aromatic N) is 3. The van der Waals surface area contributed by atoms with Gasteiger partial charge in [0.15, 0.2) is 5.13 Å². The number of aryl methyl sites for hydroxylation is 2. The Hall–Kier alpha value is -1.36. The highest BCUT2D eigenvalue weighted by atomic mass is 32.1. The molecule has 18 heavy (non-hydrogen) atoms. The Labute approximate surface area is 111 Å². The van der Waals surface area contributed by atoms with Crippen LogP contribution in [0.3, 0.4) is 0 Å². The van der Waals surface area contributed by atoms with E-state index in [2.05, 4.69) is 23.2 Å². The maximum absolute atomic E-state index is 5.86. The Morgan fingerprint density at radius 2 is 2.28 bits per heavy atom. The summed E-state index contributed by atoms with van der Waals surface area (Å²) < 4.78 is 1.90. The Balaban J connectivity index is 1.91. The van der Waals surface area contributed by atoms with Crippen LogP contribution in [0.5, 0.6) is 0 Å². The van der Waals surface area contributed by atoms with Crippen LogP contribution in [0.4, 0.5) is 5.13 Å². The third kappa shape index (κ3) is 2.14. The Morgan fingerprint density at radius 3 is 2.94 bits per heavy atom. The van der Waals surface area contributed by atoms with E-state index in [0.29, 0.717) is 11.0 Å². The Morgan fingerprint density at radius 1 is 1.50 bits per heavy atom. The smallest absolute Gasteiger partial charge is 0.180 e. The summed E-state index contributed by atoms with van der Waals surface area (Å²) in [6.07, 6.45) is 6.56. The van der Waals surface area contributed by atoms with E-state index in [0.717, 1.165) is 12.8 Å². The lowest BCUT2D eigenvalue weighted by Crippen LogP contribution is -1.93. The molecule has 0 atom stereocenters. The van der Waals surface area contributed by atoms with E-state index in [4.69, 9.17) is 5.73 Å². The first kappa shape index (κ1) is 11.7. The number of hydrogen-bond acceptors (Lipinski definition) is 4. The van der Waals surface area contributed by atoms with Gasteiger partial charge in [-0.2, -0.15) is 5.10 Å². The molecule has 1 aliphatic rings. The summed E-state index contributed by atoms with van der Waals surface area (Å²) in [6.45, 7) is 2.15. The molecule has 96 valence electrons. The fourth-order valence-electron chi connectivity index (χ4n) is 2.39. The molecule has 0 aliphatic heterocycles. The molecule has 0 saturated heterocycles. The zero-order valence-electron chi connectivity index (χ0n) is 10.8. The minimum absolute atomic E-state index is 0.662. The average molecular weight is 262 g/mol. The third-order valence-electron chi connectivity index (χ3n) is 3.39. The van der Waals surface area contributed by atoms with Crippen molar-refractivity contribution >= 4 is 16.5 Å². The SMILES string of the molecule is CCc1nn(C)cc1Cc1sc(N)nc1C1CC1. The number of hydrogen-bond donors (Lipinski definition) is 1. The second kappa shape index (κ2) is 4.39. The van der Waals surface area contributed by atoms with E-state index in [1.165, 1.54) is 34.7 Å². The molecular formula is C13H18N4S. The maximum Gasteiger partial charge on any atom is 0.180 e. The standard InChI is InChI=1S/C13H18N4S/c1-3-10-9(7-17(2)16-10)6-11-12(8-4-5-8)15-13(14)18-11/h7-8H,3-6H2,1-2H3,(H2,14,15). The van der Waals surface area contributed by atoms with Crippen LogP contribution in [0, 0.1) is 0 Å². The predicted octanol–water partition coefficient (Wildman–Crippen LogP) is 2.49. The third-order valence-corrected chi connectivity index (χ3v) is 4.29. The van der Waals surface area contributed by atoms with Crippen LogP contribution >= 0.6 is 11.3 Å². The van der Waals surface area contributed by atoms with Gasteiger partial charge in [0, 0.05) is 30.5 Å². The van der Waals surface area contributed by atoms with Gasteiger partial charge in [0.1, 0.15) is 0 Å². The molecule has 2 aromatic rings. The largest absolute Gasteiger partial charge is 0.375 e. The van der Waals surface area contributed by atoms with Crippen molar-refractivity contribution in [2.24, 2.45) is 7.05 Å². The van der Waals surface area contributed by atoms with Crippen molar-refractivity contribution in [3.05, 3.63) is 28.0 Å². The molecule has 2 heterocycles. The van der Waals surface area contributed by atoms with E-state index in [1.54, 1.807) is 11.3 Å². The van der Waals surface area contributed by atoms with Crippen molar-refractivity contribution in [1.82, 2.24) is 14.8 Å². The summed E-state index contributed by atoms with van der Waals surface area (Å²) in [5.74, 6) is 0.662. The molecular weight excluding hydrogens is 244 g/mol. The highest BCUT2D eigenvalue weighted by Crippen LogP contribution is 2.43. The van der Waals surface area contributed by atoms with Gasteiger partial charge in [0.25, 0.3) is 0 Å². The van der Waals surface area contributed by atoms with Gasteiger partial charge in [-0.25, -0.2) is 4.98 Å². The zero-order chi connectivity index (χ0) is 12.7. The van der Waals surface area contributed by atoms with Crippen LogP contribution in [0.15, 0.2) is 6.20 Å². The van der Waals surface area contributed by atoms with Crippen LogP contribution in [0.25, 0.3) is 0 Å². The molecule has 1 saturated carbocycles. The number of rotatable bonds is 4. The first-order valence-corrected chi connectivity index (χ1v) is 7.25. The van der Waals surface area contributed by atoms with Crippen molar-refractivity contribution in [1.29, 1.82) is 0 Å². The van der Waals surface area contributed by atoms with Crippen molar-refractivity contribution < 1.29 is 0 Å². The molecule has 0 bridgehead atoms. The molecule has 0 unspecified atom stereocenters. The second-order valence-electron chi connectivity index (χ2n) is 4.94. The molecule has 0 spiro atoms. The molecule has 0 aromatic carbocycles. The first-order valence-electron chi connectivity index (χ1n) is 6.43. The topological polar surface area (TPSA) is 56.7 Å². The lowest BCUT2D eigenvalue weighted by molar-refractivity contribution is 0.746. The van der Waals surface area contributed by atoms with Gasteiger partial charge in [0.2, 0.25) is 0 Å². The fourth-order valence-corrected chi connectivity index (χ4v) is 3.33. The number of nitrogens with two attached hydrogens (primary N) is 1. The van der Waals surface area contributed by atoms with Crippen LogP contribution in [0.1, 0.15) is 47.5 Å². The summed E-state index contributed by atoms with van der Waals surface area (Å²) in [5.41, 5.74) is 9.60. The van der Waals surface area contributed by atoms with Crippen molar-refractivity contribution in [2.45, 2.75) is 38.5 Å². The van der Waals surface area contributed by atoms with Crippen LogP contribution in [-0.4, -0.2) is 14.8 Å². The van der Waals surface area contributed by atoms with Gasteiger partial charge in [-0.1, -0.05) is 6.92 Å². The Kier molecular flexibility index (Phi) is 2.86. The molecule has 2 aromatic heterocycles. The molecule has 0 amide bonds. The van der Waals surface area contributed by atoms with Gasteiger partial charge in [0.05, 0.1) is 11.4 Å². The molecule has 0 radical (unpaired) electrons. The van der Waals surface area contributed by atoms with E-state index >= 15 is 0 Å². The molecule has 2 N–H and O–H groups in total. The minimum Gasteiger partial charge on any atom is -0.375 e. The molecule has 3 rings (SSSR count). The summed E-state index contributed by atoms with van der Waals surface area (Å²) in [4.78, 5) is 5.83. The predicted molar refractivity (Wildman–Crippen MR) is 73.9 cm³/mol. The lowest BCUT2D eigenvalue weighted by atomic mass is 10.1. The maximum atomic E-state index is 5.86. The van der Waals surface area contributed by atoms with Crippen molar-refractivity contribution in [2.75, 3.05) is 5.73 Å². The number of anilines is 1. The number of aromatic nitrogens is 3. The first-order chi connectivity index (χ1) is 8.67. The summed E-state index contributed by atoms with van der Waals surface area (Å²) in [6, 6.07) is 0. The molecule has 4 nitrogen and oxygen atoms in total. The second-order valence-corrected chi connectivity index (χ2v) is 6.06. The van der Waals surface area contributed by atoms with Gasteiger partial charge in [-0.15, -0.1) is 11.3 Å². The van der Waals surface area contributed by atoms with Crippen LogP contribution in [-0.2, 0) is 19.9 Å². The van der Waals surface area contributed by atoms with Crippen molar-refractivity contribution in [3.63, 3.8) is 0 Å². The van der Waals surface area contributed by atoms with Gasteiger partial charge in [-0.05, 0) is 24.8 Å². The molecule has 1 fully saturated rings. The summed E-state index contributed by atoms with van der Waals surface area (Å²) >= 11 is 1.64. The number of nitrogen functional groups attached to an aromatic ring is 1. The van der Waals surface area contributed by atoms with E-state index in [-0.39, 0.29) is 0 Å². The minimum atomic E-state index is 0.662. The fraction of sp³-hybridized carbons (Fsp3) is 0.538. The number of thiazole rings is 1. The molecule has 5 heteroatoms. The van der Waals surface area contributed by atoms with E-state index in [1.807, 2.05) is 11.7 Å². The van der Waals surface area contributed by atoms with Crippen molar-refractivity contribution in [3.8, 4) is 0 Å². The van der Waals surface area contributed by atoms with Gasteiger partial charge < -0.3 is 5.73 Å². The summed E-state index contributed by atoms with van der Waals surface area (Å²) in [5, 5.41) is 5.19. The Bertz CT molecular complexity index is 566. The lowest BCUT2D eigenvalue weighted by Gasteiger charge is -2.00. The van der Waals surface area contributed by atoms with Crippen LogP contribution in [0.2, 0.25) is 0 Å². The van der Waals surface area contributed by atoms with E-state index in [9.17, 15) is 0 Å². The van der Waals surface area contributed by atoms with Crippen LogP contribution < -0.4 is 5.73 Å².